The van der Waals surface area contributed by atoms with E-state index >= 15 is 0 Å². The predicted octanol–water partition coefficient (Wildman–Crippen LogP) is 8.51. The van der Waals surface area contributed by atoms with Crippen LogP contribution in [0.5, 0.6) is 0 Å². The molecular formula is C44H65N3O2. The number of piperidine rings is 1. The van der Waals surface area contributed by atoms with Crippen molar-refractivity contribution in [3.05, 3.63) is 53.6 Å². The van der Waals surface area contributed by atoms with Crippen molar-refractivity contribution in [2.45, 2.75) is 123 Å². The Bertz CT molecular complexity index is 1500. The first-order valence-corrected chi connectivity index (χ1v) is 20.0. The van der Waals surface area contributed by atoms with Crippen molar-refractivity contribution in [2.75, 3.05) is 33.3 Å². The number of hydrogen-bond acceptors (Lipinski definition) is 5. The molecule has 9 rings (SSSR count). The number of esters is 1. The Hall–Kier alpha value is -1.95. The molecule has 0 spiro atoms. The van der Waals surface area contributed by atoms with Gasteiger partial charge in [0.05, 0.1) is 12.7 Å². The fourth-order valence-corrected chi connectivity index (χ4v) is 14.7. The molecule has 1 aromatic rings. The Balaban J connectivity index is 1.05. The van der Waals surface area contributed by atoms with Gasteiger partial charge in [0.2, 0.25) is 0 Å². The lowest BCUT2D eigenvalue weighted by Crippen LogP contribution is -2.69. The topological polar surface area (TPSA) is 53.6 Å². The number of hydrogen-bond donors (Lipinski definition) is 2. The smallest absolute Gasteiger partial charge is 0.337 e. The molecule has 268 valence electrons. The van der Waals surface area contributed by atoms with Gasteiger partial charge in [0.15, 0.2) is 0 Å². The van der Waals surface area contributed by atoms with E-state index < -0.39 is 0 Å². The Labute approximate surface area is 297 Å². The van der Waals surface area contributed by atoms with Gasteiger partial charge in [-0.3, -0.25) is 4.90 Å². The van der Waals surface area contributed by atoms with E-state index in [4.69, 9.17) is 4.74 Å². The van der Waals surface area contributed by atoms with Crippen molar-refractivity contribution < 1.29 is 9.53 Å². The number of nitrogens with one attached hydrogen (secondary N) is 2. The zero-order valence-corrected chi connectivity index (χ0v) is 31.8. The van der Waals surface area contributed by atoms with Gasteiger partial charge in [-0.25, -0.2) is 4.79 Å². The summed E-state index contributed by atoms with van der Waals surface area (Å²) in [6, 6.07) is 9.66. The third kappa shape index (κ3) is 4.97. The van der Waals surface area contributed by atoms with E-state index in [9.17, 15) is 4.79 Å². The minimum Gasteiger partial charge on any atom is -0.465 e. The van der Waals surface area contributed by atoms with Crippen molar-refractivity contribution in [1.29, 1.82) is 0 Å². The SMILES string of the molecule is C=C(C)[C@@H]1CC[C@]2(NCCN3C[C@H]4C[C@@H](C3)N4)CC[C@]3(C)[C@H](CC[C@@H]4[C@@]5(C)CC=C(c6ccc(C(=O)OC)cc6)C(C)(C)[C@@H]5CC[C@]43C)[C@@H]12. The van der Waals surface area contributed by atoms with E-state index in [0.717, 1.165) is 36.9 Å². The number of nitrogens with zero attached hydrogens (tertiary/aromatic N) is 1. The van der Waals surface area contributed by atoms with Gasteiger partial charge in [0, 0.05) is 43.8 Å². The number of methoxy groups -OCH3 is 1. The van der Waals surface area contributed by atoms with Gasteiger partial charge in [0.1, 0.15) is 0 Å². The summed E-state index contributed by atoms with van der Waals surface area (Å²) in [5.74, 6) is 3.26. The monoisotopic (exact) mass is 668 g/mol. The number of ether oxygens (including phenoxy) is 1. The summed E-state index contributed by atoms with van der Waals surface area (Å²) < 4.78 is 4.98. The second-order valence-electron chi connectivity index (χ2n) is 19.4. The highest BCUT2D eigenvalue weighted by Gasteiger charge is 2.70. The minimum atomic E-state index is -0.263. The lowest BCUT2D eigenvalue weighted by atomic mass is 9.33. The molecule has 2 N–H and O–H groups in total. The van der Waals surface area contributed by atoms with Crippen LogP contribution in [0.15, 0.2) is 42.5 Å². The molecule has 3 saturated heterocycles. The standard InChI is InChI=1S/C44H65N3O2/c1-28(2)33-15-20-44(45-23-24-47-26-31-25-32(27-47)46-31)22-21-42(6)35(38(33)44)13-14-37-41(5)18-16-34(29-9-11-30(12-10-29)39(48)49-8)40(3,4)36(41)17-19-43(37,42)7/h9-12,16,31-33,35-38,45-46H,1,13-15,17-27H2,2-8H3/t31-,32+,33-,35+,36-,37+,38+,41-,42+,43+,44-/m0/s1. The molecular weight excluding hydrogens is 603 g/mol. The zero-order valence-electron chi connectivity index (χ0n) is 31.8. The van der Waals surface area contributed by atoms with E-state index in [0.29, 0.717) is 39.6 Å². The number of carbonyl (C=O) groups excluding carboxylic acids is 1. The largest absolute Gasteiger partial charge is 0.465 e. The molecule has 0 aromatic heterocycles. The summed E-state index contributed by atoms with van der Waals surface area (Å²) in [5, 5.41) is 8.07. The van der Waals surface area contributed by atoms with Crippen LogP contribution >= 0.6 is 0 Å². The van der Waals surface area contributed by atoms with Crippen molar-refractivity contribution in [1.82, 2.24) is 15.5 Å². The van der Waals surface area contributed by atoms with Crippen LogP contribution in [0.1, 0.15) is 122 Å². The van der Waals surface area contributed by atoms with Gasteiger partial charge in [-0.05, 0) is 146 Å². The van der Waals surface area contributed by atoms with E-state index in [-0.39, 0.29) is 16.9 Å². The lowest BCUT2D eigenvalue weighted by Gasteiger charge is -2.72. The van der Waals surface area contributed by atoms with Crippen LogP contribution in [0.3, 0.4) is 0 Å². The second kappa shape index (κ2) is 11.8. The minimum absolute atomic E-state index is 0.0753. The highest BCUT2D eigenvalue weighted by atomic mass is 16.5. The van der Waals surface area contributed by atoms with Crippen LogP contribution in [0.4, 0.5) is 0 Å². The molecule has 8 aliphatic rings. The molecule has 1 aromatic carbocycles. The highest BCUT2D eigenvalue weighted by molar-refractivity contribution is 5.89. The van der Waals surface area contributed by atoms with Crippen LogP contribution in [0, 0.1) is 51.2 Å². The van der Waals surface area contributed by atoms with Crippen LogP contribution < -0.4 is 10.6 Å². The van der Waals surface area contributed by atoms with E-state index in [1.54, 1.807) is 0 Å². The van der Waals surface area contributed by atoms with Gasteiger partial charge < -0.3 is 15.4 Å². The molecule has 5 aliphatic carbocycles. The molecule has 5 heteroatoms. The first-order valence-electron chi connectivity index (χ1n) is 20.0. The average molecular weight is 668 g/mol. The number of piperazine rings is 1. The first-order chi connectivity index (χ1) is 23.3. The fraction of sp³-hybridized carbons (Fsp3) is 0.750. The van der Waals surface area contributed by atoms with Crippen molar-refractivity contribution in [2.24, 2.45) is 51.2 Å². The summed E-state index contributed by atoms with van der Waals surface area (Å²) >= 11 is 0. The molecule has 0 radical (unpaired) electrons. The van der Waals surface area contributed by atoms with Gasteiger partial charge >= 0.3 is 5.97 Å². The molecule has 0 unspecified atom stereocenters. The molecule has 7 fully saturated rings. The summed E-state index contributed by atoms with van der Waals surface area (Å²) in [6.45, 7) is 25.1. The third-order valence-corrected chi connectivity index (χ3v) is 17.2. The number of fused-ring (bicyclic) bond motifs is 9. The second-order valence-corrected chi connectivity index (χ2v) is 19.4. The van der Waals surface area contributed by atoms with Crippen LogP contribution in [0.2, 0.25) is 0 Å². The number of rotatable bonds is 7. The molecule has 11 atom stereocenters. The van der Waals surface area contributed by atoms with Crippen LogP contribution in [0.25, 0.3) is 5.57 Å². The van der Waals surface area contributed by atoms with E-state index in [2.05, 4.69) is 81.9 Å². The molecule has 5 nitrogen and oxygen atoms in total. The maximum absolute atomic E-state index is 12.1. The van der Waals surface area contributed by atoms with Crippen molar-refractivity contribution in [3.8, 4) is 0 Å². The normalized spacial score (nSPS) is 45.1. The van der Waals surface area contributed by atoms with Gasteiger partial charge in [-0.1, -0.05) is 65.0 Å². The average Bonchev–Trinajstić information content (AvgIpc) is 3.44. The highest BCUT2D eigenvalue weighted by Crippen LogP contribution is 2.76. The maximum Gasteiger partial charge on any atom is 0.337 e. The predicted molar refractivity (Wildman–Crippen MR) is 200 cm³/mol. The summed E-state index contributed by atoms with van der Waals surface area (Å²) in [4.78, 5) is 14.9. The fourth-order valence-electron chi connectivity index (χ4n) is 14.7. The summed E-state index contributed by atoms with van der Waals surface area (Å²) in [5.41, 5.74) is 6.15. The van der Waals surface area contributed by atoms with E-state index in [1.807, 2.05) is 12.1 Å². The molecule has 0 amide bonds. The number of carbonyl (C=O) groups is 1. The number of allylic oxidation sites excluding steroid dienone is 3. The Kier molecular flexibility index (Phi) is 8.21. The molecule has 3 heterocycles. The number of benzene rings is 1. The molecule has 2 bridgehead atoms. The summed E-state index contributed by atoms with van der Waals surface area (Å²) in [7, 11) is 1.46. The van der Waals surface area contributed by atoms with Crippen LogP contribution in [-0.2, 0) is 4.74 Å². The zero-order chi connectivity index (χ0) is 34.6. The molecule has 4 saturated carbocycles. The van der Waals surface area contributed by atoms with Crippen LogP contribution in [-0.4, -0.2) is 61.8 Å². The lowest BCUT2D eigenvalue weighted by molar-refractivity contribution is -0.219. The molecule has 3 aliphatic heterocycles. The van der Waals surface area contributed by atoms with Gasteiger partial charge in [-0.2, -0.15) is 0 Å². The van der Waals surface area contributed by atoms with Gasteiger partial charge in [-0.15, -0.1) is 0 Å². The van der Waals surface area contributed by atoms with Gasteiger partial charge in [0.25, 0.3) is 0 Å². The van der Waals surface area contributed by atoms with Crippen molar-refractivity contribution in [3.63, 3.8) is 0 Å². The Morgan fingerprint density at radius 2 is 1.65 bits per heavy atom. The van der Waals surface area contributed by atoms with E-state index in [1.165, 1.54) is 101 Å². The maximum atomic E-state index is 12.1. The first kappa shape index (κ1) is 34.2. The quantitative estimate of drug-likeness (QED) is 0.226. The third-order valence-electron chi connectivity index (χ3n) is 17.2. The molecule has 49 heavy (non-hydrogen) atoms. The summed E-state index contributed by atoms with van der Waals surface area (Å²) in [6.07, 6.45) is 15.9. The van der Waals surface area contributed by atoms with Crippen molar-refractivity contribution >= 4 is 11.5 Å². The Morgan fingerprint density at radius 1 is 0.939 bits per heavy atom. The Morgan fingerprint density at radius 3 is 2.33 bits per heavy atom.